The number of hydrogen-bond acceptors (Lipinski definition) is 4. The first-order chi connectivity index (χ1) is 12.5. The Labute approximate surface area is 157 Å². The van der Waals surface area contributed by atoms with Gasteiger partial charge in [-0.3, -0.25) is 19.8 Å². The van der Waals surface area contributed by atoms with Crippen LogP contribution in [0.4, 0.5) is 5.69 Å². The van der Waals surface area contributed by atoms with Crippen LogP contribution in [0.15, 0.2) is 48.5 Å². The average Bonchev–Trinajstić information content (AvgIpc) is 2.65. The Balaban J connectivity index is 2.15. The first-order valence-electron chi connectivity index (χ1n) is 8.49. The number of rotatable bonds is 8. The lowest BCUT2D eigenvalue weighted by atomic mass is 10.0. The quantitative estimate of drug-likeness (QED) is 0.557. The molecule has 1 atom stereocenters. The molecule has 0 aliphatic heterocycles. The maximum Gasteiger partial charge on any atom is 0.270 e. The maximum atomic E-state index is 12.5. The smallest absolute Gasteiger partial charge is 0.270 e. The molecule has 0 unspecified atom stereocenters. The van der Waals surface area contributed by atoms with Crippen LogP contribution in [0.25, 0.3) is 0 Å². The Bertz CT molecular complexity index is 764. The standard InChI is InChI=1S/C19H22ClN3O3/c1-3-22(4-2)18(14-8-6-5-7-9-14)13-21-19(24)16-11-10-15(23(25)26)12-17(16)20/h5-12,18H,3-4,13H2,1-2H3,(H,21,24)/t18-/m1/s1. The maximum absolute atomic E-state index is 12.5. The third-order valence-corrected chi connectivity index (χ3v) is 4.61. The SMILES string of the molecule is CCN(CC)[C@H](CNC(=O)c1ccc([N+](=O)[O-])cc1Cl)c1ccccc1. The molecule has 0 aromatic heterocycles. The lowest BCUT2D eigenvalue weighted by molar-refractivity contribution is -0.384. The van der Waals surface area contributed by atoms with E-state index >= 15 is 0 Å². The van der Waals surface area contributed by atoms with E-state index in [0.717, 1.165) is 18.7 Å². The number of nitro groups is 1. The fourth-order valence-electron chi connectivity index (χ4n) is 2.88. The van der Waals surface area contributed by atoms with Crippen molar-refractivity contribution >= 4 is 23.2 Å². The summed E-state index contributed by atoms with van der Waals surface area (Å²) in [5.41, 5.74) is 1.20. The zero-order valence-electron chi connectivity index (χ0n) is 14.8. The number of nitrogens with zero attached hydrogens (tertiary/aromatic N) is 2. The largest absolute Gasteiger partial charge is 0.350 e. The van der Waals surface area contributed by atoms with Gasteiger partial charge in [-0.2, -0.15) is 0 Å². The normalized spacial score (nSPS) is 12.0. The van der Waals surface area contributed by atoms with Crippen molar-refractivity contribution in [2.24, 2.45) is 0 Å². The monoisotopic (exact) mass is 375 g/mol. The van der Waals surface area contributed by atoms with E-state index in [-0.39, 0.29) is 28.2 Å². The number of nitro benzene ring substituents is 1. The molecule has 2 rings (SSSR count). The molecule has 0 fully saturated rings. The van der Waals surface area contributed by atoms with E-state index in [2.05, 4.69) is 24.1 Å². The van der Waals surface area contributed by atoms with Crippen LogP contribution in [0.2, 0.25) is 5.02 Å². The number of carbonyl (C=O) groups is 1. The molecule has 0 saturated carbocycles. The van der Waals surface area contributed by atoms with E-state index in [4.69, 9.17) is 11.6 Å². The molecule has 0 heterocycles. The summed E-state index contributed by atoms with van der Waals surface area (Å²) in [7, 11) is 0. The minimum absolute atomic E-state index is 0.0342. The van der Waals surface area contributed by atoms with Crippen LogP contribution in [0.1, 0.15) is 35.8 Å². The summed E-state index contributed by atoms with van der Waals surface area (Å²) in [6.07, 6.45) is 0. The van der Waals surface area contributed by atoms with Crippen LogP contribution in [0.5, 0.6) is 0 Å². The Morgan fingerprint density at radius 1 is 1.19 bits per heavy atom. The number of halogens is 1. The van der Waals surface area contributed by atoms with Crippen LogP contribution >= 0.6 is 11.6 Å². The fraction of sp³-hybridized carbons (Fsp3) is 0.316. The highest BCUT2D eigenvalue weighted by atomic mass is 35.5. The van der Waals surface area contributed by atoms with Gasteiger partial charge in [-0.15, -0.1) is 0 Å². The van der Waals surface area contributed by atoms with Crippen LogP contribution in [0.3, 0.4) is 0 Å². The number of likely N-dealkylation sites (N-methyl/N-ethyl adjacent to an activating group) is 1. The summed E-state index contributed by atoms with van der Waals surface area (Å²) in [6, 6.07) is 13.9. The molecule has 2 aromatic carbocycles. The molecule has 1 amide bonds. The molecular formula is C19H22ClN3O3. The first kappa shape index (κ1) is 19.9. The van der Waals surface area contributed by atoms with Crippen LogP contribution in [-0.4, -0.2) is 35.4 Å². The van der Waals surface area contributed by atoms with Gasteiger partial charge in [0.1, 0.15) is 0 Å². The molecule has 0 aliphatic rings. The van der Waals surface area contributed by atoms with Crippen molar-refractivity contribution in [3.63, 3.8) is 0 Å². The van der Waals surface area contributed by atoms with Gasteiger partial charge in [0.15, 0.2) is 0 Å². The number of benzene rings is 2. The molecule has 7 heteroatoms. The topological polar surface area (TPSA) is 75.5 Å². The molecule has 138 valence electrons. The molecule has 0 bridgehead atoms. The Morgan fingerprint density at radius 2 is 1.85 bits per heavy atom. The van der Waals surface area contributed by atoms with E-state index < -0.39 is 4.92 Å². The number of nitrogens with one attached hydrogen (secondary N) is 1. The molecule has 0 aliphatic carbocycles. The molecule has 2 aromatic rings. The van der Waals surface area contributed by atoms with E-state index in [1.54, 1.807) is 0 Å². The van der Waals surface area contributed by atoms with Gasteiger partial charge in [-0.25, -0.2) is 0 Å². The third kappa shape index (κ3) is 4.80. The lowest BCUT2D eigenvalue weighted by Crippen LogP contribution is -2.38. The highest BCUT2D eigenvalue weighted by Crippen LogP contribution is 2.23. The Kier molecular flexibility index (Phi) is 7.12. The third-order valence-electron chi connectivity index (χ3n) is 4.30. The Morgan fingerprint density at radius 3 is 2.38 bits per heavy atom. The fourth-order valence-corrected chi connectivity index (χ4v) is 3.14. The second kappa shape index (κ2) is 9.31. The predicted molar refractivity (Wildman–Crippen MR) is 103 cm³/mol. The van der Waals surface area contributed by atoms with Gasteiger partial charge >= 0.3 is 0 Å². The van der Waals surface area contributed by atoms with Gasteiger partial charge in [0.2, 0.25) is 0 Å². The second-order valence-corrected chi connectivity index (χ2v) is 6.19. The summed E-state index contributed by atoms with van der Waals surface area (Å²) in [6.45, 7) is 6.27. The van der Waals surface area contributed by atoms with E-state index in [9.17, 15) is 14.9 Å². The summed E-state index contributed by atoms with van der Waals surface area (Å²) >= 11 is 6.04. The highest BCUT2D eigenvalue weighted by Gasteiger charge is 2.20. The summed E-state index contributed by atoms with van der Waals surface area (Å²) < 4.78 is 0. The minimum atomic E-state index is -0.542. The van der Waals surface area contributed by atoms with Crippen molar-refractivity contribution < 1.29 is 9.72 Å². The number of amides is 1. The molecule has 26 heavy (non-hydrogen) atoms. The second-order valence-electron chi connectivity index (χ2n) is 5.78. The van der Waals surface area contributed by atoms with Crippen LogP contribution in [0, 0.1) is 10.1 Å². The van der Waals surface area contributed by atoms with Crippen molar-refractivity contribution in [3.8, 4) is 0 Å². The predicted octanol–water partition coefficient (Wildman–Crippen LogP) is 4.06. The molecule has 1 N–H and O–H groups in total. The van der Waals surface area contributed by atoms with Crippen LogP contribution in [-0.2, 0) is 0 Å². The number of hydrogen-bond donors (Lipinski definition) is 1. The number of non-ortho nitro benzene ring substituents is 1. The van der Waals surface area contributed by atoms with Gasteiger partial charge in [0, 0.05) is 18.7 Å². The highest BCUT2D eigenvalue weighted by molar-refractivity contribution is 6.34. The van der Waals surface area contributed by atoms with Crippen molar-refractivity contribution in [3.05, 3.63) is 74.8 Å². The van der Waals surface area contributed by atoms with E-state index in [0.29, 0.717) is 6.54 Å². The van der Waals surface area contributed by atoms with Gasteiger partial charge in [0.05, 0.1) is 21.6 Å². The van der Waals surface area contributed by atoms with Gasteiger partial charge < -0.3 is 5.32 Å². The Hall–Kier alpha value is -2.44. The van der Waals surface area contributed by atoms with Gasteiger partial charge in [0.25, 0.3) is 11.6 Å². The molecule has 0 spiro atoms. The van der Waals surface area contributed by atoms with Crippen molar-refractivity contribution in [1.82, 2.24) is 10.2 Å². The average molecular weight is 376 g/mol. The zero-order chi connectivity index (χ0) is 19.1. The lowest BCUT2D eigenvalue weighted by Gasteiger charge is -2.30. The summed E-state index contributed by atoms with van der Waals surface area (Å²) in [5.74, 6) is -0.349. The first-order valence-corrected chi connectivity index (χ1v) is 8.86. The molecule has 6 nitrogen and oxygen atoms in total. The van der Waals surface area contributed by atoms with Crippen LogP contribution < -0.4 is 5.32 Å². The minimum Gasteiger partial charge on any atom is -0.350 e. The van der Waals surface area contributed by atoms with Gasteiger partial charge in [-0.1, -0.05) is 55.8 Å². The molecule has 0 radical (unpaired) electrons. The van der Waals surface area contributed by atoms with Crippen molar-refractivity contribution in [1.29, 1.82) is 0 Å². The van der Waals surface area contributed by atoms with Gasteiger partial charge in [-0.05, 0) is 24.7 Å². The summed E-state index contributed by atoms with van der Waals surface area (Å²) in [5, 5.41) is 13.8. The summed E-state index contributed by atoms with van der Waals surface area (Å²) in [4.78, 5) is 25.0. The van der Waals surface area contributed by atoms with E-state index in [1.807, 2.05) is 30.3 Å². The molecule has 0 saturated heterocycles. The van der Waals surface area contributed by atoms with Crippen molar-refractivity contribution in [2.45, 2.75) is 19.9 Å². The van der Waals surface area contributed by atoms with Crippen molar-refractivity contribution in [2.75, 3.05) is 19.6 Å². The zero-order valence-corrected chi connectivity index (χ0v) is 15.6. The van der Waals surface area contributed by atoms with E-state index in [1.165, 1.54) is 18.2 Å². The number of carbonyl (C=O) groups excluding carboxylic acids is 1. The molecular weight excluding hydrogens is 354 g/mol.